The van der Waals surface area contributed by atoms with E-state index in [0.29, 0.717) is 30.2 Å². The van der Waals surface area contributed by atoms with Crippen molar-refractivity contribution in [1.29, 1.82) is 0 Å². The molecule has 128 valence electrons. The molecule has 3 rings (SSSR count). The first-order chi connectivity index (χ1) is 11.4. The van der Waals surface area contributed by atoms with Crippen molar-refractivity contribution in [3.63, 3.8) is 0 Å². The van der Waals surface area contributed by atoms with E-state index in [2.05, 4.69) is 15.6 Å². The number of nitrogens with one attached hydrogen (secondary N) is 1. The second kappa shape index (κ2) is 6.49. The Hall–Kier alpha value is -1.99. The van der Waals surface area contributed by atoms with Gasteiger partial charge < -0.3 is 10.2 Å². The number of piperazine rings is 1. The van der Waals surface area contributed by atoms with Gasteiger partial charge in [0.15, 0.2) is 5.69 Å². The normalized spacial score (nSPS) is 21.1. The van der Waals surface area contributed by atoms with Crippen LogP contribution in [-0.2, 0) is 0 Å². The molecule has 1 amide bonds. The van der Waals surface area contributed by atoms with E-state index in [1.165, 1.54) is 16.8 Å². The van der Waals surface area contributed by atoms with E-state index < -0.39 is 5.82 Å². The quantitative estimate of drug-likeness (QED) is 0.901. The van der Waals surface area contributed by atoms with Crippen molar-refractivity contribution in [2.75, 3.05) is 13.1 Å². The monoisotopic (exact) mass is 351 g/mol. The molecular weight excluding hydrogens is 333 g/mol. The fourth-order valence-corrected chi connectivity index (χ4v) is 3.21. The topological polar surface area (TPSA) is 63.1 Å². The Morgan fingerprint density at radius 2 is 2.00 bits per heavy atom. The molecule has 1 N–H and O–H groups in total. The number of benzene rings is 1. The van der Waals surface area contributed by atoms with E-state index >= 15 is 0 Å². The van der Waals surface area contributed by atoms with Crippen LogP contribution in [0.3, 0.4) is 0 Å². The zero-order valence-corrected chi connectivity index (χ0v) is 14.5. The summed E-state index contributed by atoms with van der Waals surface area (Å²) < 4.78 is 14.8. The Labute approximate surface area is 144 Å². The molecule has 0 aliphatic carbocycles. The van der Waals surface area contributed by atoms with Gasteiger partial charge in [-0.15, -0.1) is 5.10 Å². The summed E-state index contributed by atoms with van der Waals surface area (Å²) in [4.78, 5) is 14.6. The van der Waals surface area contributed by atoms with Crippen molar-refractivity contribution in [1.82, 2.24) is 25.2 Å². The minimum Gasteiger partial charge on any atom is -0.334 e. The molecule has 1 aromatic carbocycles. The van der Waals surface area contributed by atoms with Crippen molar-refractivity contribution in [3.8, 4) is 5.69 Å². The number of hydrogen-bond donors (Lipinski definition) is 1. The standard InChI is InChI=1S/C16H19ClFN5O/c1-9-7-22(8-10(2)19-9)16(24)15-11(3)23(21-20-15)12-4-5-14(18)13(17)6-12/h4-6,9-10,19H,7-8H2,1-3H3/t9-,10-/m1/s1. The van der Waals surface area contributed by atoms with E-state index in [-0.39, 0.29) is 23.0 Å². The van der Waals surface area contributed by atoms with Crippen LogP contribution in [0.4, 0.5) is 4.39 Å². The van der Waals surface area contributed by atoms with Gasteiger partial charge >= 0.3 is 0 Å². The second-order valence-electron chi connectivity index (χ2n) is 6.21. The van der Waals surface area contributed by atoms with Crippen LogP contribution in [0.15, 0.2) is 18.2 Å². The Morgan fingerprint density at radius 1 is 1.33 bits per heavy atom. The molecule has 0 unspecified atom stereocenters. The van der Waals surface area contributed by atoms with E-state index in [4.69, 9.17) is 11.6 Å². The Kier molecular flexibility index (Phi) is 4.56. The van der Waals surface area contributed by atoms with Gasteiger partial charge in [-0.1, -0.05) is 16.8 Å². The highest BCUT2D eigenvalue weighted by Gasteiger charge is 2.29. The molecule has 0 radical (unpaired) electrons. The van der Waals surface area contributed by atoms with Gasteiger partial charge in [0.2, 0.25) is 0 Å². The van der Waals surface area contributed by atoms with Crippen molar-refractivity contribution in [3.05, 3.63) is 40.4 Å². The molecule has 0 spiro atoms. The second-order valence-corrected chi connectivity index (χ2v) is 6.62. The summed E-state index contributed by atoms with van der Waals surface area (Å²) in [5.74, 6) is -0.648. The average Bonchev–Trinajstić information content (AvgIpc) is 2.90. The molecule has 0 saturated carbocycles. The number of aromatic nitrogens is 3. The number of carbonyl (C=O) groups is 1. The van der Waals surface area contributed by atoms with Gasteiger partial charge in [0, 0.05) is 25.2 Å². The summed E-state index contributed by atoms with van der Waals surface area (Å²) in [5, 5.41) is 11.5. The molecule has 1 fully saturated rings. The van der Waals surface area contributed by atoms with Crippen LogP contribution >= 0.6 is 11.6 Å². The molecule has 24 heavy (non-hydrogen) atoms. The number of halogens is 2. The van der Waals surface area contributed by atoms with Crippen LogP contribution in [0, 0.1) is 12.7 Å². The minimum absolute atomic E-state index is 0.0000287. The molecule has 2 atom stereocenters. The summed E-state index contributed by atoms with van der Waals surface area (Å²) >= 11 is 5.82. The summed E-state index contributed by atoms with van der Waals surface area (Å²) in [5.41, 5.74) is 1.46. The van der Waals surface area contributed by atoms with Gasteiger partial charge in [-0.2, -0.15) is 0 Å². The lowest BCUT2D eigenvalue weighted by atomic mass is 10.1. The van der Waals surface area contributed by atoms with Crippen LogP contribution in [0.1, 0.15) is 30.0 Å². The van der Waals surface area contributed by atoms with Gasteiger partial charge in [-0.25, -0.2) is 9.07 Å². The maximum absolute atomic E-state index is 13.3. The number of amides is 1. The fourth-order valence-electron chi connectivity index (χ4n) is 3.03. The predicted molar refractivity (Wildman–Crippen MR) is 89.0 cm³/mol. The average molecular weight is 352 g/mol. The third-order valence-electron chi connectivity index (χ3n) is 4.09. The van der Waals surface area contributed by atoms with E-state index in [1.807, 2.05) is 13.8 Å². The summed E-state index contributed by atoms with van der Waals surface area (Å²) in [6, 6.07) is 4.72. The van der Waals surface area contributed by atoms with Gasteiger partial charge in [-0.05, 0) is 39.0 Å². The lowest BCUT2D eigenvalue weighted by Gasteiger charge is -2.35. The lowest BCUT2D eigenvalue weighted by Crippen LogP contribution is -2.56. The van der Waals surface area contributed by atoms with Crippen LogP contribution in [0.25, 0.3) is 5.69 Å². The fraction of sp³-hybridized carbons (Fsp3) is 0.438. The smallest absolute Gasteiger partial charge is 0.276 e. The number of hydrogen-bond acceptors (Lipinski definition) is 4. The van der Waals surface area contributed by atoms with Crippen LogP contribution in [-0.4, -0.2) is 51.0 Å². The SMILES string of the molecule is Cc1c(C(=O)N2C[C@@H](C)N[C@H](C)C2)nnn1-c1ccc(F)c(Cl)c1. The molecular formula is C16H19ClFN5O. The molecule has 2 heterocycles. The molecule has 1 aliphatic heterocycles. The van der Waals surface area contributed by atoms with Crippen molar-refractivity contribution >= 4 is 17.5 Å². The highest BCUT2D eigenvalue weighted by atomic mass is 35.5. The molecule has 2 aromatic rings. The molecule has 6 nitrogen and oxygen atoms in total. The number of rotatable bonds is 2. The molecule has 8 heteroatoms. The molecule has 0 bridgehead atoms. The summed E-state index contributed by atoms with van der Waals surface area (Å²) in [6.45, 7) is 7.09. The molecule has 1 aromatic heterocycles. The van der Waals surface area contributed by atoms with Crippen LogP contribution in [0.5, 0.6) is 0 Å². The zero-order chi connectivity index (χ0) is 17.4. The maximum atomic E-state index is 13.3. The summed E-state index contributed by atoms with van der Waals surface area (Å²) in [7, 11) is 0. The molecule has 1 aliphatic rings. The zero-order valence-electron chi connectivity index (χ0n) is 13.8. The number of nitrogens with zero attached hydrogens (tertiary/aromatic N) is 4. The Balaban J connectivity index is 1.89. The largest absolute Gasteiger partial charge is 0.334 e. The van der Waals surface area contributed by atoms with E-state index in [9.17, 15) is 9.18 Å². The predicted octanol–water partition coefficient (Wildman–Crippen LogP) is 2.19. The molecule has 1 saturated heterocycles. The van der Waals surface area contributed by atoms with Crippen LogP contribution in [0.2, 0.25) is 5.02 Å². The first-order valence-electron chi connectivity index (χ1n) is 7.80. The minimum atomic E-state index is -0.502. The highest BCUT2D eigenvalue weighted by molar-refractivity contribution is 6.30. The Bertz CT molecular complexity index is 768. The maximum Gasteiger partial charge on any atom is 0.276 e. The third-order valence-corrected chi connectivity index (χ3v) is 4.38. The first-order valence-corrected chi connectivity index (χ1v) is 8.17. The van der Waals surface area contributed by atoms with Crippen molar-refractivity contribution < 1.29 is 9.18 Å². The van der Waals surface area contributed by atoms with Gasteiger partial charge in [0.05, 0.1) is 16.4 Å². The van der Waals surface area contributed by atoms with E-state index in [1.54, 1.807) is 17.9 Å². The summed E-state index contributed by atoms with van der Waals surface area (Å²) in [6.07, 6.45) is 0. The van der Waals surface area contributed by atoms with Crippen molar-refractivity contribution in [2.45, 2.75) is 32.9 Å². The van der Waals surface area contributed by atoms with Gasteiger partial charge in [0.25, 0.3) is 5.91 Å². The van der Waals surface area contributed by atoms with E-state index in [0.717, 1.165) is 0 Å². The lowest BCUT2D eigenvalue weighted by molar-refractivity contribution is 0.0667. The first kappa shape index (κ1) is 16.9. The number of carbonyl (C=O) groups excluding carboxylic acids is 1. The van der Waals surface area contributed by atoms with Gasteiger partial charge in [0.1, 0.15) is 5.82 Å². The highest BCUT2D eigenvalue weighted by Crippen LogP contribution is 2.21. The van der Waals surface area contributed by atoms with Crippen LogP contribution < -0.4 is 5.32 Å². The Morgan fingerprint density at radius 3 is 2.62 bits per heavy atom. The van der Waals surface area contributed by atoms with Gasteiger partial charge in [-0.3, -0.25) is 4.79 Å². The van der Waals surface area contributed by atoms with Crippen molar-refractivity contribution in [2.24, 2.45) is 0 Å². The third kappa shape index (κ3) is 3.14.